The highest BCUT2D eigenvalue weighted by Crippen LogP contribution is 2.33. The smallest absolute Gasteiger partial charge is 0.282 e. The first kappa shape index (κ1) is 13.5. The highest BCUT2D eigenvalue weighted by molar-refractivity contribution is 6.20. The van der Waals surface area contributed by atoms with Crippen LogP contribution in [0.2, 0.25) is 0 Å². The van der Waals surface area contributed by atoms with Crippen molar-refractivity contribution in [3.8, 4) is 11.5 Å². The molecule has 7 heteroatoms. The van der Waals surface area contributed by atoms with E-state index in [1.54, 1.807) is 19.1 Å². The van der Waals surface area contributed by atoms with Gasteiger partial charge in [-0.15, -0.1) is 11.6 Å². The molecule has 0 saturated carbocycles. The molecule has 0 saturated heterocycles. The van der Waals surface area contributed by atoms with Gasteiger partial charge in [0.25, 0.3) is 11.6 Å². The maximum atomic E-state index is 11.0. The summed E-state index contributed by atoms with van der Waals surface area (Å²) in [6, 6.07) is 4.78. The van der Waals surface area contributed by atoms with E-state index in [4.69, 9.17) is 16.1 Å². The minimum Gasteiger partial charge on any atom is -0.334 e. The summed E-state index contributed by atoms with van der Waals surface area (Å²) in [5.74, 6) is 0.468. The zero-order valence-corrected chi connectivity index (χ0v) is 11.2. The predicted molar refractivity (Wildman–Crippen MR) is 70.0 cm³/mol. The third-order valence-electron chi connectivity index (χ3n) is 2.74. The van der Waals surface area contributed by atoms with Crippen molar-refractivity contribution in [2.24, 2.45) is 0 Å². The normalized spacial score (nSPS) is 12.4. The van der Waals surface area contributed by atoms with Gasteiger partial charge < -0.3 is 4.52 Å². The average molecular weight is 282 g/mol. The molecule has 100 valence electrons. The maximum Gasteiger partial charge on any atom is 0.282 e. The van der Waals surface area contributed by atoms with Crippen molar-refractivity contribution < 1.29 is 9.45 Å². The highest BCUT2D eigenvalue weighted by Gasteiger charge is 2.23. The molecule has 0 amide bonds. The summed E-state index contributed by atoms with van der Waals surface area (Å²) in [6.07, 6.45) is 0.649. The molecule has 0 aliphatic heterocycles. The Bertz CT molecular complexity index is 612. The molecule has 1 atom stereocenters. The van der Waals surface area contributed by atoms with Gasteiger partial charge in [0.05, 0.1) is 10.3 Å². The first-order valence-corrected chi connectivity index (χ1v) is 6.20. The van der Waals surface area contributed by atoms with Crippen LogP contribution in [0.4, 0.5) is 5.69 Å². The maximum absolute atomic E-state index is 11.0. The van der Waals surface area contributed by atoms with Crippen LogP contribution in [-0.2, 0) is 0 Å². The van der Waals surface area contributed by atoms with E-state index in [9.17, 15) is 10.1 Å². The molecule has 19 heavy (non-hydrogen) atoms. The molecule has 1 heterocycles. The number of alkyl halides is 1. The number of benzene rings is 1. The lowest BCUT2D eigenvalue weighted by Gasteiger charge is -2.01. The number of aryl methyl sites for hydroxylation is 1. The Balaban J connectivity index is 2.53. The van der Waals surface area contributed by atoms with Crippen LogP contribution in [0.5, 0.6) is 0 Å². The first-order chi connectivity index (χ1) is 9.04. The Labute approximate surface area is 114 Å². The summed E-state index contributed by atoms with van der Waals surface area (Å²) < 4.78 is 5.10. The van der Waals surface area contributed by atoms with Crippen LogP contribution in [0, 0.1) is 17.0 Å². The van der Waals surface area contributed by atoms with Crippen LogP contribution in [0.25, 0.3) is 11.5 Å². The third kappa shape index (κ3) is 2.58. The zero-order chi connectivity index (χ0) is 14.0. The summed E-state index contributed by atoms with van der Waals surface area (Å²) in [7, 11) is 0. The Morgan fingerprint density at radius 1 is 1.53 bits per heavy atom. The van der Waals surface area contributed by atoms with Gasteiger partial charge >= 0.3 is 0 Å². The fraction of sp³-hybridized carbons (Fsp3) is 0.333. The lowest BCUT2D eigenvalue weighted by Crippen LogP contribution is -1.95. The predicted octanol–water partition coefficient (Wildman–Crippen LogP) is 3.64. The number of rotatable bonds is 4. The first-order valence-electron chi connectivity index (χ1n) is 5.76. The molecule has 0 spiro atoms. The van der Waals surface area contributed by atoms with Gasteiger partial charge in [-0.1, -0.05) is 24.2 Å². The molecule has 6 nitrogen and oxygen atoms in total. The molecule has 0 aliphatic carbocycles. The molecular weight excluding hydrogens is 270 g/mol. The van der Waals surface area contributed by atoms with Gasteiger partial charge in [-0.25, -0.2) is 0 Å². The van der Waals surface area contributed by atoms with Gasteiger partial charge in [0.2, 0.25) is 0 Å². The number of hydrogen-bond acceptors (Lipinski definition) is 5. The van der Waals surface area contributed by atoms with E-state index in [1.807, 2.05) is 6.92 Å². The summed E-state index contributed by atoms with van der Waals surface area (Å²) in [5, 5.41) is 14.4. The van der Waals surface area contributed by atoms with Crippen LogP contribution >= 0.6 is 11.6 Å². The number of nitro groups is 1. The molecule has 0 aliphatic rings. The van der Waals surface area contributed by atoms with Crippen LogP contribution in [0.3, 0.4) is 0 Å². The van der Waals surface area contributed by atoms with Crippen molar-refractivity contribution in [1.82, 2.24) is 10.1 Å². The number of halogens is 1. The van der Waals surface area contributed by atoms with E-state index >= 15 is 0 Å². The molecular formula is C12H12ClN3O3. The number of aromatic nitrogens is 2. The van der Waals surface area contributed by atoms with E-state index < -0.39 is 4.92 Å². The Morgan fingerprint density at radius 3 is 2.89 bits per heavy atom. The Kier molecular flexibility index (Phi) is 3.80. The molecule has 0 N–H and O–H groups in total. The highest BCUT2D eigenvalue weighted by atomic mass is 35.5. The van der Waals surface area contributed by atoms with Crippen LogP contribution in [-0.4, -0.2) is 15.1 Å². The van der Waals surface area contributed by atoms with Crippen molar-refractivity contribution in [3.63, 3.8) is 0 Å². The fourth-order valence-corrected chi connectivity index (χ4v) is 1.82. The summed E-state index contributed by atoms with van der Waals surface area (Å²) in [5.41, 5.74) is 0.982. The summed E-state index contributed by atoms with van der Waals surface area (Å²) in [4.78, 5) is 14.7. The molecule has 2 rings (SSSR count). The molecule has 2 aromatic rings. The van der Waals surface area contributed by atoms with Crippen LogP contribution in [0.15, 0.2) is 22.7 Å². The monoisotopic (exact) mass is 281 g/mol. The van der Waals surface area contributed by atoms with Crippen molar-refractivity contribution in [1.29, 1.82) is 0 Å². The largest absolute Gasteiger partial charge is 0.334 e. The van der Waals surface area contributed by atoms with Gasteiger partial charge in [-0.3, -0.25) is 10.1 Å². The van der Waals surface area contributed by atoms with Gasteiger partial charge in [0.1, 0.15) is 5.56 Å². The molecule has 0 radical (unpaired) electrons. The second kappa shape index (κ2) is 5.36. The lowest BCUT2D eigenvalue weighted by molar-refractivity contribution is -0.384. The van der Waals surface area contributed by atoms with Gasteiger partial charge in [0, 0.05) is 6.07 Å². The zero-order valence-electron chi connectivity index (χ0n) is 10.5. The minimum atomic E-state index is -0.468. The molecule has 1 unspecified atom stereocenters. The molecule has 0 fully saturated rings. The van der Waals surface area contributed by atoms with Gasteiger partial charge in [0.15, 0.2) is 5.82 Å². The Hall–Kier alpha value is -1.95. The fourth-order valence-electron chi connectivity index (χ4n) is 1.73. The lowest BCUT2D eigenvalue weighted by atomic mass is 10.1. The third-order valence-corrected chi connectivity index (χ3v) is 3.25. The molecule has 0 bridgehead atoms. The van der Waals surface area contributed by atoms with Crippen LogP contribution < -0.4 is 0 Å². The molecule has 1 aromatic heterocycles. The standard InChI is InChI=1S/C12H12ClN3O3/c1-3-8(13)11-14-12(19-15-11)10-7(2)5-4-6-9(10)16(17)18/h4-6,8H,3H2,1-2H3. The van der Waals surface area contributed by atoms with Crippen molar-refractivity contribution in [2.45, 2.75) is 25.6 Å². The van der Waals surface area contributed by atoms with E-state index in [1.165, 1.54) is 6.07 Å². The Morgan fingerprint density at radius 2 is 2.26 bits per heavy atom. The minimum absolute atomic E-state index is 0.0576. The SMILES string of the molecule is CCC(Cl)c1noc(-c2c(C)cccc2[N+](=O)[O-])n1. The van der Waals surface area contributed by atoms with E-state index in [0.29, 0.717) is 23.4 Å². The van der Waals surface area contributed by atoms with E-state index in [-0.39, 0.29) is 17.0 Å². The van der Waals surface area contributed by atoms with Crippen molar-refractivity contribution >= 4 is 17.3 Å². The quantitative estimate of drug-likeness (QED) is 0.485. The number of nitro benzene ring substituents is 1. The average Bonchev–Trinajstić information content (AvgIpc) is 2.86. The van der Waals surface area contributed by atoms with Crippen LogP contribution in [0.1, 0.15) is 30.1 Å². The second-order valence-electron chi connectivity index (χ2n) is 4.06. The number of hydrogen-bond donors (Lipinski definition) is 0. The molecule has 1 aromatic carbocycles. The van der Waals surface area contributed by atoms with E-state index in [2.05, 4.69) is 10.1 Å². The van der Waals surface area contributed by atoms with E-state index in [0.717, 1.165) is 0 Å². The van der Waals surface area contributed by atoms with Gasteiger partial charge in [-0.2, -0.15) is 4.98 Å². The van der Waals surface area contributed by atoms with Gasteiger partial charge in [-0.05, 0) is 18.9 Å². The second-order valence-corrected chi connectivity index (χ2v) is 4.59. The van der Waals surface area contributed by atoms with Crippen molar-refractivity contribution in [3.05, 3.63) is 39.7 Å². The topological polar surface area (TPSA) is 82.1 Å². The van der Waals surface area contributed by atoms with Crippen molar-refractivity contribution in [2.75, 3.05) is 0 Å². The summed E-state index contributed by atoms with van der Waals surface area (Å²) >= 11 is 6.01. The summed E-state index contributed by atoms with van der Waals surface area (Å²) in [6.45, 7) is 3.65. The number of nitrogens with zero attached hydrogens (tertiary/aromatic N) is 3.